The van der Waals surface area contributed by atoms with Crippen LogP contribution in [0, 0.1) is 27.7 Å². The molecule has 0 bridgehead atoms. The first kappa shape index (κ1) is 16.3. The number of nitrogens with one attached hydrogen (secondary N) is 1. The van der Waals surface area contributed by atoms with Crippen molar-refractivity contribution in [3.63, 3.8) is 0 Å². The van der Waals surface area contributed by atoms with E-state index in [1.54, 1.807) is 0 Å². The van der Waals surface area contributed by atoms with Gasteiger partial charge in [0.1, 0.15) is 0 Å². The van der Waals surface area contributed by atoms with Crippen LogP contribution in [0.2, 0.25) is 0 Å². The number of hydrogen-bond donors (Lipinski definition) is 1. The molecule has 5 nitrogen and oxygen atoms in total. The Labute approximate surface area is 152 Å². The normalized spacial score (nSPS) is 11.1. The molecule has 2 aromatic carbocycles. The van der Waals surface area contributed by atoms with E-state index in [0.717, 1.165) is 39.5 Å². The summed E-state index contributed by atoms with van der Waals surface area (Å²) in [5.74, 6) is 1.50. The lowest BCUT2D eigenvalue weighted by atomic mass is 10.1. The van der Waals surface area contributed by atoms with Crippen LogP contribution in [0.1, 0.15) is 22.5 Å². The minimum Gasteiger partial charge on any atom is -0.338 e. The Bertz CT molecular complexity index is 1110. The summed E-state index contributed by atoms with van der Waals surface area (Å²) in [4.78, 5) is 0. The molecular weight excluding hydrogens is 322 g/mol. The molecule has 0 amide bonds. The number of aryl methyl sites for hydroxylation is 4. The first-order valence-corrected chi connectivity index (χ1v) is 8.66. The van der Waals surface area contributed by atoms with Gasteiger partial charge < -0.3 is 5.32 Å². The SMILES string of the molecule is Cc1ccc(C)c(Nc2nnc(-n3nc(C)cc3C)c3ccccc23)c1. The highest BCUT2D eigenvalue weighted by molar-refractivity contribution is 5.97. The zero-order chi connectivity index (χ0) is 18.3. The fourth-order valence-electron chi connectivity index (χ4n) is 3.18. The molecule has 4 aromatic rings. The molecule has 0 atom stereocenters. The second kappa shape index (κ2) is 6.26. The molecule has 26 heavy (non-hydrogen) atoms. The van der Waals surface area contributed by atoms with Crippen molar-refractivity contribution in [1.29, 1.82) is 0 Å². The molecule has 0 aliphatic heterocycles. The maximum Gasteiger partial charge on any atom is 0.183 e. The van der Waals surface area contributed by atoms with Gasteiger partial charge in [0.05, 0.1) is 5.69 Å². The van der Waals surface area contributed by atoms with Gasteiger partial charge in [-0.2, -0.15) is 5.10 Å². The summed E-state index contributed by atoms with van der Waals surface area (Å²) in [6, 6.07) is 16.5. The molecule has 0 spiro atoms. The summed E-state index contributed by atoms with van der Waals surface area (Å²) in [7, 11) is 0. The zero-order valence-electron chi connectivity index (χ0n) is 15.4. The van der Waals surface area contributed by atoms with E-state index in [2.05, 4.69) is 64.8 Å². The number of nitrogens with zero attached hydrogens (tertiary/aromatic N) is 4. The van der Waals surface area contributed by atoms with Crippen molar-refractivity contribution in [2.24, 2.45) is 0 Å². The van der Waals surface area contributed by atoms with Crippen LogP contribution in [-0.2, 0) is 0 Å². The van der Waals surface area contributed by atoms with E-state index in [-0.39, 0.29) is 0 Å². The fraction of sp³-hybridized carbons (Fsp3) is 0.190. The van der Waals surface area contributed by atoms with Gasteiger partial charge in [-0.15, -0.1) is 10.2 Å². The van der Waals surface area contributed by atoms with Gasteiger partial charge in [-0.1, -0.05) is 36.4 Å². The molecular formula is C21H21N5. The standard InChI is InChI=1S/C21H21N5/c1-13-9-10-14(2)19(11-13)22-20-17-7-5-6-8-18(17)21(24-23-20)26-16(4)12-15(3)25-26/h5-12H,1-4H3,(H,22,23). The summed E-state index contributed by atoms with van der Waals surface area (Å²) in [6.45, 7) is 8.18. The Hall–Kier alpha value is -3.21. The predicted octanol–water partition coefficient (Wildman–Crippen LogP) is 4.79. The van der Waals surface area contributed by atoms with Crippen LogP contribution >= 0.6 is 0 Å². The molecule has 0 aliphatic carbocycles. The first-order chi connectivity index (χ1) is 12.5. The molecule has 0 radical (unpaired) electrons. The Morgan fingerprint density at radius 3 is 2.35 bits per heavy atom. The third-order valence-electron chi connectivity index (χ3n) is 4.52. The summed E-state index contributed by atoms with van der Waals surface area (Å²) >= 11 is 0. The van der Waals surface area contributed by atoms with Crippen LogP contribution in [-0.4, -0.2) is 20.0 Å². The van der Waals surface area contributed by atoms with Crippen LogP contribution in [0.3, 0.4) is 0 Å². The topological polar surface area (TPSA) is 55.6 Å². The number of hydrogen-bond acceptors (Lipinski definition) is 4. The third-order valence-corrected chi connectivity index (χ3v) is 4.52. The van der Waals surface area contributed by atoms with Gasteiger partial charge in [0.2, 0.25) is 0 Å². The van der Waals surface area contributed by atoms with Crippen LogP contribution in [0.25, 0.3) is 16.6 Å². The van der Waals surface area contributed by atoms with Crippen molar-refractivity contribution in [2.45, 2.75) is 27.7 Å². The molecule has 0 saturated heterocycles. The molecule has 0 fully saturated rings. The monoisotopic (exact) mass is 343 g/mol. The van der Waals surface area contributed by atoms with E-state index in [1.165, 1.54) is 11.1 Å². The van der Waals surface area contributed by atoms with Crippen LogP contribution in [0.4, 0.5) is 11.5 Å². The van der Waals surface area contributed by atoms with Gasteiger partial charge in [0, 0.05) is 22.2 Å². The number of rotatable bonds is 3. The lowest BCUT2D eigenvalue weighted by molar-refractivity contribution is 0.792. The van der Waals surface area contributed by atoms with Crippen molar-refractivity contribution < 1.29 is 0 Å². The molecule has 0 saturated carbocycles. The van der Waals surface area contributed by atoms with Gasteiger partial charge in [-0.3, -0.25) is 0 Å². The highest BCUT2D eigenvalue weighted by Crippen LogP contribution is 2.29. The maximum atomic E-state index is 4.56. The number of benzene rings is 2. The highest BCUT2D eigenvalue weighted by Gasteiger charge is 2.14. The smallest absolute Gasteiger partial charge is 0.183 e. The lowest BCUT2D eigenvalue weighted by Crippen LogP contribution is -2.07. The number of anilines is 2. The molecule has 1 N–H and O–H groups in total. The van der Waals surface area contributed by atoms with E-state index in [0.29, 0.717) is 0 Å². The third kappa shape index (κ3) is 2.81. The molecule has 0 unspecified atom stereocenters. The Kier molecular flexibility index (Phi) is 3.92. The van der Waals surface area contributed by atoms with Crippen molar-refractivity contribution in [3.8, 4) is 5.82 Å². The Morgan fingerprint density at radius 2 is 1.62 bits per heavy atom. The first-order valence-electron chi connectivity index (χ1n) is 8.66. The fourth-order valence-corrected chi connectivity index (χ4v) is 3.18. The van der Waals surface area contributed by atoms with E-state index >= 15 is 0 Å². The maximum absolute atomic E-state index is 4.56. The van der Waals surface area contributed by atoms with E-state index in [4.69, 9.17) is 0 Å². The highest BCUT2D eigenvalue weighted by atomic mass is 15.4. The number of aromatic nitrogens is 4. The van der Waals surface area contributed by atoms with Gasteiger partial charge in [-0.05, 0) is 51.0 Å². The summed E-state index contributed by atoms with van der Waals surface area (Å²) in [5.41, 5.74) is 5.42. The molecule has 0 aliphatic rings. The van der Waals surface area contributed by atoms with Gasteiger partial charge in [-0.25, -0.2) is 4.68 Å². The quantitative estimate of drug-likeness (QED) is 0.581. The molecule has 4 rings (SSSR count). The minimum absolute atomic E-state index is 0.748. The minimum atomic E-state index is 0.748. The van der Waals surface area contributed by atoms with Crippen LogP contribution in [0.5, 0.6) is 0 Å². The summed E-state index contributed by atoms with van der Waals surface area (Å²) in [5, 5.41) is 19.0. The lowest BCUT2D eigenvalue weighted by Gasteiger charge is -2.13. The molecule has 2 aromatic heterocycles. The van der Waals surface area contributed by atoms with E-state index in [9.17, 15) is 0 Å². The summed E-state index contributed by atoms with van der Waals surface area (Å²) in [6.07, 6.45) is 0. The van der Waals surface area contributed by atoms with Crippen molar-refractivity contribution >= 4 is 22.3 Å². The molecule has 130 valence electrons. The average molecular weight is 343 g/mol. The van der Waals surface area contributed by atoms with Crippen LogP contribution in [0.15, 0.2) is 48.5 Å². The molecule has 5 heteroatoms. The van der Waals surface area contributed by atoms with Crippen molar-refractivity contribution in [1.82, 2.24) is 20.0 Å². The zero-order valence-corrected chi connectivity index (χ0v) is 15.4. The van der Waals surface area contributed by atoms with Gasteiger partial charge in [0.25, 0.3) is 0 Å². The summed E-state index contributed by atoms with van der Waals surface area (Å²) < 4.78 is 1.85. The van der Waals surface area contributed by atoms with E-state index < -0.39 is 0 Å². The van der Waals surface area contributed by atoms with Gasteiger partial charge >= 0.3 is 0 Å². The number of fused-ring (bicyclic) bond motifs is 1. The molecule has 2 heterocycles. The second-order valence-electron chi connectivity index (χ2n) is 6.70. The van der Waals surface area contributed by atoms with Crippen molar-refractivity contribution in [3.05, 3.63) is 71.0 Å². The second-order valence-corrected chi connectivity index (χ2v) is 6.70. The predicted molar refractivity (Wildman–Crippen MR) is 105 cm³/mol. The Morgan fingerprint density at radius 1 is 0.846 bits per heavy atom. The van der Waals surface area contributed by atoms with Crippen molar-refractivity contribution in [2.75, 3.05) is 5.32 Å². The average Bonchev–Trinajstić information content (AvgIpc) is 2.96. The van der Waals surface area contributed by atoms with Gasteiger partial charge in [0.15, 0.2) is 11.6 Å². The Balaban J connectivity index is 1.87. The van der Waals surface area contributed by atoms with E-state index in [1.807, 2.05) is 36.7 Å². The largest absolute Gasteiger partial charge is 0.338 e. The van der Waals surface area contributed by atoms with Crippen LogP contribution < -0.4 is 5.32 Å².